The molecule has 0 saturated carbocycles. The van der Waals surface area contributed by atoms with Gasteiger partial charge >= 0.3 is 0 Å². The van der Waals surface area contributed by atoms with Crippen molar-refractivity contribution in [2.45, 2.75) is 12.2 Å². The lowest BCUT2D eigenvalue weighted by molar-refractivity contribution is -0.119. The number of hydrogen-bond donors (Lipinski definition) is 1. The third-order valence-corrected chi connectivity index (χ3v) is 2.22. The van der Waals surface area contributed by atoms with Gasteiger partial charge in [-0.15, -0.1) is 0 Å². The van der Waals surface area contributed by atoms with Crippen LogP contribution in [0.25, 0.3) is 0 Å². The molecule has 2 atom stereocenters. The van der Waals surface area contributed by atoms with Crippen molar-refractivity contribution in [3.63, 3.8) is 0 Å². The Morgan fingerprint density at radius 2 is 2.00 bits per heavy atom. The summed E-state index contributed by atoms with van der Waals surface area (Å²) in [6, 6.07) is 7.18. The minimum atomic E-state index is -0.457. The van der Waals surface area contributed by atoms with Gasteiger partial charge in [0, 0.05) is 5.02 Å². The van der Waals surface area contributed by atoms with Gasteiger partial charge in [-0.3, -0.25) is 4.79 Å². The number of ether oxygens (including phenoxy) is 1. The number of halogens is 1. The quantitative estimate of drug-likeness (QED) is 0.726. The van der Waals surface area contributed by atoms with E-state index in [1.807, 2.05) is 12.1 Å². The number of epoxide rings is 1. The van der Waals surface area contributed by atoms with E-state index in [4.69, 9.17) is 22.1 Å². The first-order valence-corrected chi connectivity index (χ1v) is 4.26. The summed E-state index contributed by atoms with van der Waals surface area (Å²) in [5.74, 6) is -0.417. The molecule has 0 unspecified atom stereocenters. The van der Waals surface area contributed by atoms with Crippen molar-refractivity contribution in [2.24, 2.45) is 5.73 Å². The van der Waals surface area contributed by atoms with Crippen molar-refractivity contribution in [1.29, 1.82) is 0 Å². The molecule has 13 heavy (non-hydrogen) atoms. The first-order chi connectivity index (χ1) is 6.18. The van der Waals surface area contributed by atoms with Crippen LogP contribution in [-0.2, 0) is 9.53 Å². The van der Waals surface area contributed by atoms with E-state index in [0.717, 1.165) is 5.56 Å². The van der Waals surface area contributed by atoms with E-state index >= 15 is 0 Å². The minimum absolute atomic E-state index is 0.172. The molecule has 2 rings (SSSR count). The average Bonchev–Trinajstić information content (AvgIpc) is 2.85. The first kappa shape index (κ1) is 8.53. The molecule has 1 fully saturated rings. The maximum absolute atomic E-state index is 10.7. The van der Waals surface area contributed by atoms with Crippen LogP contribution in [0.5, 0.6) is 0 Å². The van der Waals surface area contributed by atoms with Crippen molar-refractivity contribution >= 4 is 17.5 Å². The van der Waals surface area contributed by atoms with Crippen molar-refractivity contribution < 1.29 is 9.53 Å². The number of carbonyl (C=O) groups is 1. The highest BCUT2D eigenvalue weighted by Gasteiger charge is 2.44. The Balaban J connectivity index is 2.12. The van der Waals surface area contributed by atoms with Gasteiger partial charge in [0.15, 0.2) is 6.10 Å². The van der Waals surface area contributed by atoms with Gasteiger partial charge < -0.3 is 10.5 Å². The van der Waals surface area contributed by atoms with Crippen LogP contribution in [0.4, 0.5) is 0 Å². The van der Waals surface area contributed by atoms with Crippen molar-refractivity contribution in [3.8, 4) is 0 Å². The molecule has 1 amide bonds. The molecule has 1 heterocycles. The van der Waals surface area contributed by atoms with Gasteiger partial charge in [-0.1, -0.05) is 23.7 Å². The van der Waals surface area contributed by atoms with Gasteiger partial charge in [0.1, 0.15) is 6.10 Å². The second-order valence-corrected chi connectivity index (χ2v) is 3.37. The van der Waals surface area contributed by atoms with Gasteiger partial charge in [-0.2, -0.15) is 0 Å². The van der Waals surface area contributed by atoms with Crippen LogP contribution in [0.1, 0.15) is 11.7 Å². The lowest BCUT2D eigenvalue weighted by atomic mass is 10.1. The zero-order chi connectivity index (χ0) is 9.42. The minimum Gasteiger partial charge on any atom is -0.367 e. The van der Waals surface area contributed by atoms with Crippen LogP contribution in [0.2, 0.25) is 5.02 Å². The molecular formula is C9H8ClNO2. The van der Waals surface area contributed by atoms with Crippen molar-refractivity contribution in [2.75, 3.05) is 0 Å². The molecule has 1 aliphatic rings. The van der Waals surface area contributed by atoms with Crippen LogP contribution in [0.15, 0.2) is 24.3 Å². The normalized spacial score (nSPS) is 25.6. The molecule has 1 saturated heterocycles. The van der Waals surface area contributed by atoms with E-state index in [-0.39, 0.29) is 6.10 Å². The highest BCUT2D eigenvalue weighted by Crippen LogP contribution is 2.38. The molecule has 0 aromatic heterocycles. The number of hydrogen-bond acceptors (Lipinski definition) is 2. The largest absolute Gasteiger partial charge is 0.367 e. The fourth-order valence-electron chi connectivity index (χ4n) is 1.23. The van der Waals surface area contributed by atoms with Crippen LogP contribution in [0.3, 0.4) is 0 Å². The molecule has 1 aliphatic heterocycles. The van der Waals surface area contributed by atoms with Gasteiger partial charge in [-0.25, -0.2) is 0 Å². The van der Waals surface area contributed by atoms with Crippen molar-refractivity contribution in [1.82, 2.24) is 0 Å². The lowest BCUT2D eigenvalue weighted by Crippen LogP contribution is -2.18. The van der Waals surface area contributed by atoms with Gasteiger partial charge in [0.25, 0.3) is 0 Å². The summed E-state index contributed by atoms with van der Waals surface area (Å²) in [5.41, 5.74) is 6.00. The van der Waals surface area contributed by atoms with E-state index in [9.17, 15) is 4.79 Å². The number of carbonyl (C=O) groups excluding carboxylic acids is 1. The molecule has 0 bridgehead atoms. The average molecular weight is 198 g/mol. The molecule has 0 radical (unpaired) electrons. The van der Waals surface area contributed by atoms with Gasteiger partial charge in [0.2, 0.25) is 5.91 Å². The monoisotopic (exact) mass is 197 g/mol. The SMILES string of the molecule is NC(=O)[C@@H]1O[C@@H]1c1ccc(Cl)cc1. The number of rotatable bonds is 2. The zero-order valence-corrected chi connectivity index (χ0v) is 7.49. The van der Waals surface area contributed by atoms with Crippen LogP contribution < -0.4 is 5.73 Å². The highest BCUT2D eigenvalue weighted by atomic mass is 35.5. The number of nitrogens with two attached hydrogens (primary N) is 1. The van der Waals surface area contributed by atoms with Gasteiger partial charge in [0.05, 0.1) is 0 Å². The van der Waals surface area contributed by atoms with E-state index in [1.54, 1.807) is 12.1 Å². The summed E-state index contributed by atoms with van der Waals surface area (Å²) in [4.78, 5) is 10.7. The third kappa shape index (κ3) is 1.66. The Bertz CT molecular complexity index is 336. The van der Waals surface area contributed by atoms with E-state index in [1.165, 1.54) is 0 Å². The van der Waals surface area contributed by atoms with E-state index in [2.05, 4.69) is 0 Å². The molecule has 0 aliphatic carbocycles. The second kappa shape index (κ2) is 3.01. The Morgan fingerprint density at radius 3 is 2.46 bits per heavy atom. The smallest absolute Gasteiger partial charge is 0.249 e. The topological polar surface area (TPSA) is 55.6 Å². The van der Waals surface area contributed by atoms with E-state index < -0.39 is 12.0 Å². The maximum Gasteiger partial charge on any atom is 0.249 e. The summed E-state index contributed by atoms with van der Waals surface area (Å²) in [6.07, 6.45) is -0.629. The summed E-state index contributed by atoms with van der Waals surface area (Å²) < 4.78 is 5.09. The number of benzene rings is 1. The summed E-state index contributed by atoms with van der Waals surface area (Å²) >= 11 is 5.70. The molecule has 4 heteroatoms. The predicted octanol–water partition coefficient (Wildman–Crippen LogP) is 1.27. The summed E-state index contributed by atoms with van der Waals surface area (Å²) in [7, 11) is 0. The molecule has 0 spiro atoms. The van der Waals surface area contributed by atoms with Crippen LogP contribution in [0, 0.1) is 0 Å². The predicted molar refractivity (Wildman–Crippen MR) is 48.3 cm³/mol. The molecule has 2 N–H and O–H groups in total. The number of amides is 1. The lowest BCUT2D eigenvalue weighted by Gasteiger charge is -1.94. The third-order valence-electron chi connectivity index (χ3n) is 1.97. The fraction of sp³-hybridized carbons (Fsp3) is 0.222. The first-order valence-electron chi connectivity index (χ1n) is 3.89. The van der Waals surface area contributed by atoms with Gasteiger partial charge in [-0.05, 0) is 17.7 Å². The van der Waals surface area contributed by atoms with E-state index in [0.29, 0.717) is 5.02 Å². The molecule has 1 aromatic rings. The second-order valence-electron chi connectivity index (χ2n) is 2.93. The highest BCUT2D eigenvalue weighted by molar-refractivity contribution is 6.30. The molecule has 3 nitrogen and oxygen atoms in total. The maximum atomic E-state index is 10.7. The standard InChI is InChI=1S/C9H8ClNO2/c10-6-3-1-5(2-4-6)7-8(13-7)9(11)12/h1-4,7-8H,(H2,11,12)/t7-,8-/m1/s1. The van der Waals surface area contributed by atoms with Crippen molar-refractivity contribution in [3.05, 3.63) is 34.9 Å². The molecular weight excluding hydrogens is 190 g/mol. The van der Waals surface area contributed by atoms with Crippen LogP contribution >= 0.6 is 11.6 Å². The summed E-state index contributed by atoms with van der Waals surface area (Å²) in [5, 5.41) is 0.667. The molecule has 1 aromatic carbocycles. The Hall–Kier alpha value is -1.06. The Labute approximate surface area is 80.4 Å². The fourth-order valence-corrected chi connectivity index (χ4v) is 1.36. The van der Waals surface area contributed by atoms with Crippen LogP contribution in [-0.4, -0.2) is 12.0 Å². The Morgan fingerprint density at radius 1 is 1.38 bits per heavy atom. The zero-order valence-electron chi connectivity index (χ0n) is 6.74. The number of primary amides is 1. The Kier molecular flexibility index (Phi) is 1.98. The summed E-state index contributed by atoms with van der Waals surface area (Å²) in [6.45, 7) is 0. The molecule has 68 valence electrons.